The smallest absolute Gasteiger partial charge is 0.265 e. The largest absolute Gasteiger partial charge is 0.482 e. The molecule has 1 aromatic heterocycles. The van der Waals surface area contributed by atoms with Crippen molar-refractivity contribution in [3.8, 4) is 5.75 Å². The standard InChI is InChI=1S/C15H17N5O3S/c1-9(14-17-18-15(19(14)2)24-8-12(16)21)20-10-5-3-4-6-11(10)23-7-13(20)22/h3-6,9H,7-8H2,1-2H3,(H2,16,21). The number of thioether (sulfide) groups is 1. The highest BCUT2D eigenvalue weighted by Gasteiger charge is 2.32. The molecule has 1 aliphatic heterocycles. The predicted octanol–water partition coefficient (Wildman–Crippen LogP) is 0.879. The normalized spacial score (nSPS) is 14.9. The van der Waals surface area contributed by atoms with Gasteiger partial charge in [-0.2, -0.15) is 0 Å². The van der Waals surface area contributed by atoms with Gasteiger partial charge in [0.25, 0.3) is 5.91 Å². The van der Waals surface area contributed by atoms with E-state index in [4.69, 9.17) is 10.5 Å². The molecule has 1 aliphatic rings. The number of amides is 2. The fourth-order valence-corrected chi connectivity index (χ4v) is 3.27. The summed E-state index contributed by atoms with van der Waals surface area (Å²) < 4.78 is 7.23. The Labute approximate surface area is 143 Å². The second-order valence-electron chi connectivity index (χ2n) is 5.35. The van der Waals surface area contributed by atoms with Gasteiger partial charge < -0.3 is 15.0 Å². The van der Waals surface area contributed by atoms with Gasteiger partial charge >= 0.3 is 0 Å². The van der Waals surface area contributed by atoms with Crippen molar-refractivity contribution in [2.24, 2.45) is 12.8 Å². The lowest BCUT2D eigenvalue weighted by Gasteiger charge is -2.33. The van der Waals surface area contributed by atoms with E-state index < -0.39 is 5.91 Å². The molecule has 0 saturated heterocycles. The molecule has 24 heavy (non-hydrogen) atoms. The molecule has 0 bridgehead atoms. The molecule has 0 saturated carbocycles. The van der Waals surface area contributed by atoms with Crippen LogP contribution in [0.3, 0.4) is 0 Å². The Kier molecular flexibility index (Phi) is 4.43. The van der Waals surface area contributed by atoms with E-state index in [9.17, 15) is 9.59 Å². The minimum absolute atomic E-state index is 0.0114. The van der Waals surface area contributed by atoms with Crippen LogP contribution in [0.2, 0.25) is 0 Å². The second kappa shape index (κ2) is 6.52. The van der Waals surface area contributed by atoms with E-state index in [0.717, 1.165) is 0 Å². The minimum atomic E-state index is -0.421. The summed E-state index contributed by atoms with van der Waals surface area (Å²) >= 11 is 1.21. The molecule has 2 heterocycles. The number of primary amides is 1. The SMILES string of the molecule is CC(c1nnc(SCC(N)=O)n1C)N1C(=O)COc2ccccc21. The average molecular weight is 347 g/mol. The molecule has 0 spiro atoms. The Hall–Kier alpha value is -2.55. The van der Waals surface area contributed by atoms with E-state index in [-0.39, 0.29) is 24.3 Å². The Morgan fingerprint density at radius 3 is 2.92 bits per heavy atom. The van der Waals surface area contributed by atoms with E-state index in [1.807, 2.05) is 31.2 Å². The van der Waals surface area contributed by atoms with Crippen LogP contribution in [0, 0.1) is 0 Å². The zero-order chi connectivity index (χ0) is 17.3. The van der Waals surface area contributed by atoms with E-state index in [1.165, 1.54) is 11.8 Å². The first kappa shape index (κ1) is 16.3. The van der Waals surface area contributed by atoms with Gasteiger partial charge in [0.05, 0.1) is 17.5 Å². The maximum absolute atomic E-state index is 12.4. The third-order valence-electron chi connectivity index (χ3n) is 3.72. The van der Waals surface area contributed by atoms with Gasteiger partial charge in [0.2, 0.25) is 5.91 Å². The van der Waals surface area contributed by atoms with Crippen LogP contribution in [-0.2, 0) is 16.6 Å². The number of anilines is 1. The molecule has 2 amide bonds. The van der Waals surface area contributed by atoms with E-state index >= 15 is 0 Å². The summed E-state index contributed by atoms with van der Waals surface area (Å²) in [6, 6.07) is 7.04. The molecule has 2 N–H and O–H groups in total. The lowest BCUT2D eigenvalue weighted by Crippen LogP contribution is -2.41. The number of benzene rings is 1. The van der Waals surface area contributed by atoms with Crippen molar-refractivity contribution in [1.82, 2.24) is 14.8 Å². The first-order valence-corrected chi connectivity index (χ1v) is 8.32. The Bertz CT molecular complexity index is 791. The number of aromatic nitrogens is 3. The summed E-state index contributed by atoms with van der Waals surface area (Å²) in [5, 5.41) is 8.84. The Morgan fingerprint density at radius 2 is 2.17 bits per heavy atom. The number of fused-ring (bicyclic) bond motifs is 1. The monoisotopic (exact) mass is 347 g/mol. The summed E-state index contributed by atoms with van der Waals surface area (Å²) in [6.45, 7) is 1.87. The number of rotatable bonds is 5. The molecule has 3 rings (SSSR count). The third-order valence-corrected chi connectivity index (χ3v) is 4.76. The van der Waals surface area contributed by atoms with Crippen LogP contribution >= 0.6 is 11.8 Å². The van der Waals surface area contributed by atoms with Gasteiger partial charge in [-0.3, -0.25) is 14.5 Å². The first-order valence-electron chi connectivity index (χ1n) is 7.33. The molecule has 2 aromatic rings. The maximum atomic E-state index is 12.4. The van der Waals surface area contributed by atoms with E-state index in [2.05, 4.69) is 10.2 Å². The Balaban J connectivity index is 1.91. The lowest BCUT2D eigenvalue weighted by atomic mass is 10.1. The highest BCUT2D eigenvalue weighted by molar-refractivity contribution is 7.99. The van der Waals surface area contributed by atoms with Crippen LogP contribution < -0.4 is 15.4 Å². The lowest BCUT2D eigenvalue weighted by molar-refractivity contribution is -0.121. The zero-order valence-electron chi connectivity index (χ0n) is 13.3. The van der Waals surface area contributed by atoms with Gasteiger partial charge in [0.15, 0.2) is 17.6 Å². The molecule has 1 unspecified atom stereocenters. The van der Waals surface area contributed by atoms with Gasteiger partial charge in [-0.25, -0.2) is 0 Å². The zero-order valence-corrected chi connectivity index (χ0v) is 14.1. The highest BCUT2D eigenvalue weighted by Crippen LogP contribution is 2.37. The van der Waals surface area contributed by atoms with Crippen LogP contribution in [0.15, 0.2) is 29.4 Å². The van der Waals surface area contributed by atoms with Crippen molar-refractivity contribution in [3.05, 3.63) is 30.1 Å². The molecule has 8 nitrogen and oxygen atoms in total. The van der Waals surface area contributed by atoms with Crippen LogP contribution in [0.1, 0.15) is 18.8 Å². The number of hydrogen-bond acceptors (Lipinski definition) is 6. The van der Waals surface area contributed by atoms with Crippen molar-refractivity contribution in [2.75, 3.05) is 17.3 Å². The number of para-hydroxylation sites is 2. The van der Waals surface area contributed by atoms with Gasteiger partial charge in [-0.05, 0) is 19.1 Å². The quantitative estimate of drug-likeness (QED) is 0.805. The number of nitrogens with two attached hydrogens (primary N) is 1. The van der Waals surface area contributed by atoms with Crippen molar-refractivity contribution >= 4 is 29.3 Å². The molecular weight excluding hydrogens is 330 g/mol. The van der Waals surface area contributed by atoms with Crippen LogP contribution in [0.5, 0.6) is 5.75 Å². The summed E-state index contributed by atoms with van der Waals surface area (Å²) in [5.41, 5.74) is 5.87. The Morgan fingerprint density at radius 1 is 1.42 bits per heavy atom. The van der Waals surface area contributed by atoms with Gasteiger partial charge in [0.1, 0.15) is 5.75 Å². The fourth-order valence-electron chi connectivity index (χ4n) is 2.61. The summed E-state index contributed by atoms with van der Waals surface area (Å²) in [4.78, 5) is 25.0. The molecule has 1 atom stereocenters. The molecule has 9 heteroatoms. The first-order chi connectivity index (χ1) is 11.5. The molecular formula is C15H17N5O3S. The molecule has 1 aromatic carbocycles. The molecule has 0 aliphatic carbocycles. The molecule has 0 radical (unpaired) electrons. The van der Waals surface area contributed by atoms with Crippen molar-refractivity contribution < 1.29 is 14.3 Å². The fraction of sp³-hybridized carbons (Fsp3) is 0.333. The topological polar surface area (TPSA) is 103 Å². The maximum Gasteiger partial charge on any atom is 0.265 e. The third kappa shape index (κ3) is 2.94. The summed E-state index contributed by atoms with van der Waals surface area (Å²) in [6.07, 6.45) is 0. The highest BCUT2D eigenvalue weighted by atomic mass is 32.2. The van der Waals surface area contributed by atoms with Crippen molar-refractivity contribution in [3.63, 3.8) is 0 Å². The minimum Gasteiger partial charge on any atom is -0.482 e. The second-order valence-corrected chi connectivity index (χ2v) is 6.29. The van der Waals surface area contributed by atoms with Crippen LogP contribution in [0.4, 0.5) is 5.69 Å². The number of carbonyl (C=O) groups excluding carboxylic acids is 2. The van der Waals surface area contributed by atoms with Gasteiger partial charge in [-0.1, -0.05) is 23.9 Å². The molecule has 126 valence electrons. The average Bonchev–Trinajstić information content (AvgIpc) is 2.93. The van der Waals surface area contributed by atoms with Gasteiger partial charge in [-0.15, -0.1) is 10.2 Å². The summed E-state index contributed by atoms with van der Waals surface area (Å²) in [7, 11) is 1.80. The van der Waals surface area contributed by atoms with Gasteiger partial charge in [0, 0.05) is 7.05 Å². The van der Waals surface area contributed by atoms with Crippen molar-refractivity contribution in [2.45, 2.75) is 18.1 Å². The summed E-state index contributed by atoms with van der Waals surface area (Å²) in [5.74, 6) is 0.839. The van der Waals surface area contributed by atoms with Crippen molar-refractivity contribution in [1.29, 1.82) is 0 Å². The predicted molar refractivity (Wildman–Crippen MR) is 88.8 cm³/mol. The number of nitrogens with zero attached hydrogens (tertiary/aromatic N) is 4. The number of ether oxygens (including phenoxy) is 1. The van der Waals surface area contributed by atoms with Crippen LogP contribution in [0.25, 0.3) is 0 Å². The number of hydrogen-bond donors (Lipinski definition) is 1. The van der Waals surface area contributed by atoms with E-state index in [0.29, 0.717) is 22.4 Å². The number of carbonyl (C=O) groups is 2. The van der Waals surface area contributed by atoms with Crippen LogP contribution in [-0.4, -0.2) is 38.9 Å². The van der Waals surface area contributed by atoms with E-state index in [1.54, 1.807) is 16.5 Å². The molecule has 0 fully saturated rings.